The van der Waals surface area contributed by atoms with Crippen molar-refractivity contribution in [3.63, 3.8) is 0 Å². The third kappa shape index (κ3) is 2.14. The first-order chi connectivity index (χ1) is 11.2. The van der Waals surface area contributed by atoms with Crippen LogP contribution >= 0.6 is 0 Å². The summed E-state index contributed by atoms with van der Waals surface area (Å²) in [5, 5.41) is 0. The van der Waals surface area contributed by atoms with Gasteiger partial charge in [0.15, 0.2) is 11.5 Å². The number of amides is 1. The van der Waals surface area contributed by atoms with Crippen molar-refractivity contribution < 1.29 is 18.7 Å². The molecule has 1 amide bonds. The average molecular weight is 314 g/mol. The normalized spacial score (nSPS) is 22.7. The minimum absolute atomic E-state index is 0.241. The topological polar surface area (TPSA) is 64.8 Å². The second kappa shape index (κ2) is 5.24. The Balaban J connectivity index is 1.72. The summed E-state index contributed by atoms with van der Waals surface area (Å²) in [7, 11) is 0. The van der Waals surface area contributed by atoms with Gasteiger partial charge in [-0.2, -0.15) is 0 Å². The molecule has 0 spiro atoms. The maximum absolute atomic E-state index is 14.1. The van der Waals surface area contributed by atoms with Crippen LogP contribution in [0.3, 0.4) is 0 Å². The van der Waals surface area contributed by atoms with Crippen LogP contribution in [0.1, 0.15) is 11.6 Å². The summed E-state index contributed by atoms with van der Waals surface area (Å²) in [6, 6.07) is 10.3. The van der Waals surface area contributed by atoms with Gasteiger partial charge in [0, 0.05) is 17.3 Å². The predicted octanol–water partition coefficient (Wildman–Crippen LogP) is 2.01. The molecule has 2 N–H and O–H groups in total. The second-order valence-corrected chi connectivity index (χ2v) is 5.53. The van der Waals surface area contributed by atoms with E-state index in [0.29, 0.717) is 36.0 Å². The van der Waals surface area contributed by atoms with Gasteiger partial charge in [0.25, 0.3) is 0 Å². The molecule has 0 aliphatic carbocycles. The summed E-state index contributed by atoms with van der Waals surface area (Å²) in [5.74, 6) is 0.604. The molecule has 0 unspecified atom stereocenters. The van der Waals surface area contributed by atoms with E-state index in [1.807, 2.05) is 0 Å². The van der Waals surface area contributed by atoms with Gasteiger partial charge in [-0.05, 0) is 18.2 Å². The van der Waals surface area contributed by atoms with Crippen molar-refractivity contribution in [3.8, 4) is 11.5 Å². The van der Waals surface area contributed by atoms with Crippen molar-refractivity contribution in [2.45, 2.75) is 12.1 Å². The van der Waals surface area contributed by atoms with Crippen LogP contribution < -0.4 is 20.1 Å². The van der Waals surface area contributed by atoms with Crippen LogP contribution in [-0.4, -0.2) is 25.2 Å². The zero-order chi connectivity index (χ0) is 16.0. The van der Waals surface area contributed by atoms with Crippen molar-refractivity contribution in [3.05, 3.63) is 53.8 Å². The second-order valence-electron chi connectivity index (χ2n) is 5.53. The summed E-state index contributed by atoms with van der Waals surface area (Å²) in [6.07, 6.45) is 0. The summed E-state index contributed by atoms with van der Waals surface area (Å²) in [5.41, 5.74) is 6.95. The molecule has 1 saturated heterocycles. The molecular weight excluding hydrogens is 299 g/mol. The van der Waals surface area contributed by atoms with Crippen molar-refractivity contribution in [1.29, 1.82) is 0 Å². The molecule has 2 aromatic carbocycles. The van der Waals surface area contributed by atoms with E-state index in [9.17, 15) is 9.18 Å². The fourth-order valence-electron chi connectivity index (χ4n) is 3.03. The Morgan fingerprint density at radius 2 is 1.83 bits per heavy atom. The van der Waals surface area contributed by atoms with E-state index in [4.69, 9.17) is 15.2 Å². The SMILES string of the molecule is N[C@@H]1C(=O)N(c2ccc3c(c2)OCCO3)[C@H]1c1ccccc1F. The summed E-state index contributed by atoms with van der Waals surface area (Å²) in [4.78, 5) is 13.7. The number of hydrogen-bond donors (Lipinski definition) is 1. The first-order valence-corrected chi connectivity index (χ1v) is 7.39. The van der Waals surface area contributed by atoms with Crippen LogP contribution in [0.2, 0.25) is 0 Å². The monoisotopic (exact) mass is 314 g/mol. The van der Waals surface area contributed by atoms with E-state index in [2.05, 4.69) is 0 Å². The zero-order valence-electron chi connectivity index (χ0n) is 12.2. The molecule has 0 aromatic heterocycles. The Hall–Kier alpha value is -2.60. The standard InChI is InChI=1S/C17H15FN2O3/c18-12-4-2-1-3-11(12)16-15(19)17(21)20(16)10-5-6-13-14(9-10)23-8-7-22-13/h1-6,9,15-16H,7-8,19H2/t15-,16-/m0/s1. The van der Waals surface area contributed by atoms with E-state index in [1.54, 1.807) is 36.4 Å². The number of hydrogen-bond acceptors (Lipinski definition) is 4. The number of ether oxygens (including phenoxy) is 2. The van der Waals surface area contributed by atoms with E-state index in [0.717, 1.165) is 0 Å². The molecule has 118 valence electrons. The van der Waals surface area contributed by atoms with Gasteiger partial charge in [0.05, 0.1) is 6.04 Å². The lowest BCUT2D eigenvalue weighted by Crippen LogP contribution is -2.63. The zero-order valence-corrected chi connectivity index (χ0v) is 12.2. The van der Waals surface area contributed by atoms with E-state index in [-0.39, 0.29) is 11.7 Å². The van der Waals surface area contributed by atoms with Crippen molar-refractivity contribution in [2.24, 2.45) is 5.73 Å². The third-order valence-electron chi connectivity index (χ3n) is 4.17. The molecule has 2 aliphatic heterocycles. The Bertz CT molecular complexity index is 780. The van der Waals surface area contributed by atoms with Gasteiger partial charge in [0.1, 0.15) is 25.1 Å². The Kier molecular flexibility index (Phi) is 3.20. The van der Waals surface area contributed by atoms with Gasteiger partial charge in [-0.15, -0.1) is 0 Å². The highest BCUT2D eigenvalue weighted by Crippen LogP contribution is 2.42. The molecule has 5 nitrogen and oxygen atoms in total. The molecular formula is C17H15FN2O3. The van der Waals surface area contributed by atoms with E-state index >= 15 is 0 Å². The van der Waals surface area contributed by atoms with Crippen LogP contribution in [0, 0.1) is 5.82 Å². The first-order valence-electron chi connectivity index (χ1n) is 7.39. The Morgan fingerprint density at radius 3 is 2.61 bits per heavy atom. The Morgan fingerprint density at radius 1 is 1.09 bits per heavy atom. The van der Waals surface area contributed by atoms with Crippen molar-refractivity contribution in [2.75, 3.05) is 18.1 Å². The summed E-state index contributed by atoms with van der Waals surface area (Å²) in [6.45, 7) is 0.957. The maximum atomic E-state index is 14.1. The van der Waals surface area contributed by atoms with Gasteiger partial charge >= 0.3 is 0 Å². The minimum Gasteiger partial charge on any atom is -0.486 e. The number of anilines is 1. The largest absolute Gasteiger partial charge is 0.486 e. The van der Waals surface area contributed by atoms with Crippen LogP contribution in [0.5, 0.6) is 11.5 Å². The number of fused-ring (bicyclic) bond motifs is 1. The van der Waals surface area contributed by atoms with Gasteiger partial charge in [0.2, 0.25) is 5.91 Å². The average Bonchev–Trinajstić information content (AvgIpc) is 2.59. The molecule has 0 bridgehead atoms. The lowest BCUT2D eigenvalue weighted by Gasteiger charge is -2.45. The van der Waals surface area contributed by atoms with Gasteiger partial charge in [-0.3, -0.25) is 4.79 Å². The van der Waals surface area contributed by atoms with Gasteiger partial charge in [-0.25, -0.2) is 4.39 Å². The van der Waals surface area contributed by atoms with Crippen molar-refractivity contribution in [1.82, 2.24) is 0 Å². The highest BCUT2D eigenvalue weighted by Gasteiger charge is 2.47. The highest BCUT2D eigenvalue weighted by atomic mass is 19.1. The summed E-state index contributed by atoms with van der Waals surface area (Å²) >= 11 is 0. The fraction of sp³-hybridized carbons (Fsp3) is 0.235. The number of benzene rings is 2. The lowest BCUT2D eigenvalue weighted by atomic mass is 9.88. The molecule has 0 saturated carbocycles. The maximum Gasteiger partial charge on any atom is 0.247 e. The molecule has 6 heteroatoms. The van der Waals surface area contributed by atoms with Crippen LogP contribution in [0.25, 0.3) is 0 Å². The minimum atomic E-state index is -0.750. The predicted molar refractivity (Wildman–Crippen MR) is 82.0 cm³/mol. The van der Waals surface area contributed by atoms with Gasteiger partial charge < -0.3 is 20.1 Å². The molecule has 2 heterocycles. The van der Waals surface area contributed by atoms with Crippen LogP contribution in [0.15, 0.2) is 42.5 Å². The number of nitrogens with zero attached hydrogens (tertiary/aromatic N) is 1. The number of rotatable bonds is 2. The van der Waals surface area contributed by atoms with Crippen LogP contribution in [0.4, 0.5) is 10.1 Å². The molecule has 4 rings (SSSR count). The van der Waals surface area contributed by atoms with Crippen molar-refractivity contribution >= 4 is 11.6 Å². The summed E-state index contributed by atoms with van der Waals surface area (Å²) < 4.78 is 25.1. The Labute approximate surface area is 132 Å². The van der Waals surface area contributed by atoms with E-state index < -0.39 is 12.1 Å². The number of carbonyl (C=O) groups is 1. The number of halogens is 1. The number of β-lactam (4-membered cyclic amide) rings is 1. The molecule has 23 heavy (non-hydrogen) atoms. The van der Waals surface area contributed by atoms with E-state index in [1.165, 1.54) is 11.0 Å². The smallest absolute Gasteiger partial charge is 0.247 e. The molecule has 2 aliphatic rings. The number of nitrogens with two attached hydrogens (primary N) is 1. The number of carbonyl (C=O) groups excluding carboxylic acids is 1. The molecule has 1 fully saturated rings. The fourth-order valence-corrected chi connectivity index (χ4v) is 3.03. The third-order valence-corrected chi connectivity index (χ3v) is 4.17. The first kappa shape index (κ1) is 14.0. The lowest BCUT2D eigenvalue weighted by molar-refractivity contribution is -0.126. The molecule has 2 aromatic rings. The van der Waals surface area contributed by atoms with Crippen LogP contribution in [-0.2, 0) is 4.79 Å². The molecule has 2 atom stereocenters. The quantitative estimate of drug-likeness (QED) is 0.861. The van der Waals surface area contributed by atoms with Gasteiger partial charge in [-0.1, -0.05) is 18.2 Å². The highest BCUT2D eigenvalue weighted by molar-refractivity contribution is 6.05. The molecule has 0 radical (unpaired) electrons.